The molecule has 92 valence electrons. The zero-order valence-corrected chi connectivity index (χ0v) is 10.4. The lowest BCUT2D eigenvalue weighted by molar-refractivity contribution is 0.350. The fourth-order valence-corrected chi connectivity index (χ4v) is 2.43. The molecule has 0 aliphatic carbocycles. The first-order chi connectivity index (χ1) is 8.07. The van der Waals surface area contributed by atoms with Gasteiger partial charge in [0, 0.05) is 11.3 Å². The molecule has 0 aliphatic heterocycles. The van der Waals surface area contributed by atoms with Gasteiger partial charge in [0.15, 0.2) is 0 Å². The van der Waals surface area contributed by atoms with Gasteiger partial charge in [-0.2, -0.15) is 0 Å². The van der Waals surface area contributed by atoms with E-state index in [-0.39, 0.29) is 12.4 Å². The second kappa shape index (κ2) is 6.28. The van der Waals surface area contributed by atoms with Gasteiger partial charge in [-0.3, -0.25) is 4.72 Å². The Labute approximate surface area is 102 Å². The average molecular weight is 253 g/mol. The first-order valence-corrected chi connectivity index (χ1v) is 6.93. The van der Waals surface area contributed by atoms with E-state index in [4.69, 9.17) is 5.11 Å². The third-order valence-corrected chi connectivity index (χ3v) is 3.41. The molecule has 0 fully saturated rings. The number of rotatable bonds is 4. The minimum Gasteiger partial charge on any atom is -0.384 e. The van der Waals surface area contributed by atoms with Crippen LogP contribution in [0.25, 0.3) is 0 Å². The summed E-state index contributed by atoms with van der Waals surface area (Å²) >= 11 is 0. The van der Waals surface area contributed by atoms with Gasteiger partial charge in [-0.1, -0.05) is 24.8 Å². The van der Waals surface area contributed by atoms with Gasteiger partial charge in [-0.15, -0.1) is 0 Å². The number of hydrogen-bond donors (Lipinski definition) is 2. The van der Waals surface area contributed by atoms with Gasteiger partial charge in [0.2, 0.25) is 10.0 Å². The van der Waals surface area contributed by atoms with Gasteiger partial charge in [-0.25, -0.2) is 8.42 Å². The van der Waals surface area contributed by atoms with Gasteiger partial charge in [0.25, 0.3) is 0 Å². The summed E-state index contributed by atoms with van der Waals surface area (Å²) in [6, 6.07) is 6.76. The Morgan fingerprint density at radius 1 is 1.41 bits per heavy atom. The van der Waals surface area contributed by atoms with Crippen LogP contribution in [0, 0.1) is 11.8 Å². The number of nitrogens with one attached hydrogen (secondary N) is 1. The molecule has 1 rings (SSSR count). The molecule has 2 N–H and O–H groups in total. The molecule has 0 amide bonds. The van der Waals surface area contributed by atoms with Gasteiger partial charge >= 0.3 is 0 Å². The van der Waals surface area contributed by atoms with E-state index in [0.29, 0.717) is 17.7 Å². The second-order valence-corrected chi connectivity index (χ2v) is 5.30. The number of benzene rings is 1. The number of sulfonamides is 1. The molecule has 1 aromatic rings. The molecule has 1 aromatic carbocycles. The highest BCUT2D eigenvalue weighted by atomic mass is 32.2. The second-order valence-electron chi connectivity index (χ2n) is 3.46. The first-order valence-electron chi connectivity index (χ1n) is 5.27. The molecule has 0 saturated carbocycles. The standard InChI is InChI=1S/C12H15NO3S/c1-2-9-17(15,16)13-12-7-3-5-11(10-12)6-4-8-14/h3,5,7,10,13-14H,2,8-9H2,1H3. The van der Waals surface area contributed by atoms with Crippen molar-refractivity contribution in [1.29, 1.82) is 0 Å². The Balaban J connectivity index is 2.86. The van der Waals surface area contributed by atoms with Crippen LogP contribution in [0.2, 0.25) is 0 Å². The Kier molecular flexibility index (Phi) is 5.01. The zero-order chi connectivity index (χ0) is 12.7. The van der Waals surface area contributed by atoms with E-state index in [2.05, 4.69) is 16.6 Å². The lowest BCUT2D eigenvalue weighted by Gasteiger charge is -2.06. The van der Waals surface area contributed by atoms with E-state index in [1.165, 1.54) is 0 Å². The monoisotopic (exact) mass is 253 g/mol. The van der Waals surface area contributed by atoms with E-state index in [1.807, 2.05) is 6.92 Å². The molecule has 0 spiro atoms. The summed E-state index contributed by atoms with van der Waals surface area (Å²) in [5.41, 5.74) is 1.15. The van der Waals surface area contributed by atoms with Crippen molar-refractivity contribution >= 4 is 15.7 Å². The molecular weight excluding hydrogens is 238 g/mol. The molecule has 0 heterocycles. The first kappa shape index (κ1) is 13.6. The molecule has 0 saturated heterocycles. The average Bonchev–Trinajstić information content (AvgIpc) is 2.26. The van der Waals surface area contributed by atoms with Crippen LogP contribution in [0.1, 0.15) is 18.9 Å². The smallest absolute Gasteiger partial charge is 0.232 e. The zero-order valence-electron chi connectivity index (χ0n) is 9.60. The quantitative estimate of drug-likeness (QED) is 0.792. The van der Waals surface area contributed by atoms with Crippen LogP contribution in [0.4, 0.5) is 5.69 Å². The van der Waals surface area contributed by atoms with Gasteiger partial charge in [-0.05, 0) is 24.6 Å². The predicted molar refractivity (Wildman–Crippen MR) is 68.1 cm³/mol. The SMILES string of the molecule is CCCS(=O)(=O)Nc1cccc(C#CCO)c1. The summed E-state index contributed by atoms with van der Waals surface area (Å²) in [5.74, 6) is 5.32. The van der Waals surface area contributed by atoms with E-state index < -0.39 is 10.0 Å². The van der Waals surface area contributed by atoms with Gasteiger partial charge < -0.3 is 5.11 Å². The number of anilines is 1. The van der Waals surface area contributed by atoms with Crippen LogP contribution in [-0.4, -0.2) is 25.9 Å². The lowest BCUT2D eigenvalue weighted by Crippen LogP contribution is -2.16. The topological polar surface area (TPSA) is 66.4 Å². The van der Waals surface area contributed by atoms with Gasteiger partial charge in [0.1, 0.15) is 6.61 Å². The van der Waals surface area contributed by atoms with Crippen LogP contribution in [0.5, 0.6) is 0 Å². The summed E-state index contributed by atoms with van der Waals surface area (Å²) in [5, 5.41) is 8.57. The van der Waals surface area contributed by atoms with Crippen LogP contribution in [0.15, 0.2) is 24.3 Å². The fraction of sp³-hybridized carbons (Fsp3) is 0.333. The van der Waals surface area contributed by atoms with Crippen molar-refractivity contribution in [2.45, 2.75) is 13.3 Å². The largest absolute Gasteiger partial charge is 0.384 e. The van der Waals surface area contributed by atoms with Crippen molar-refractivity contribution in [2.75, 3.05) is 17.1 Å². The maximum absolute atomic E-state index is 11.5. The highest BCUT2D eigenvalue weighted by Gasteiger charge is 2.08. The van der Waals surface area contributed by atoms with E-state index in [9.17, 15) is 8.42 Å². The summed E-state index contributed by atoms with van der Waals surface area (Å²) in [6.45, 7) is 1.59. The Hall–Kier alpha value is -1.51. The molecule has 17 heavy (non-hydrogen) atoms. The van der Waals surface area contributed by atoms with Crippen molar-refractivity contribution in [2.24, 2.45) is 0 Å². The number of hydrogen-bond acceptors (Lipinski definition) is 3. The van der Waals surface area contributed by atoms with Crippen molar-refractivity contribution in [3.63, 3.8) is 0 Å². The molecule has 0 aromatic heterocycles. The molecule has 0 unspecified atom stereocenters. The van der Waals surface area contributed by atoms with E-state index in [1.54, 1.807) is 24.3 Å². The number of aliphatic hydroxyl groups is 1. The van der Waals surface area contributed by atoms with Crippen molar-refractivity contribution < 1.29 is 13.5 Å². The minimum absolute atomic E-state index is 0.0968. The van der Waals surface area contributed by atoms with Crippen LogP contribution < -0.4 is 4.72 Å². The number of aliphatic hydroxyl groups excluding tert-OH is 1. The lowest BCUT2D eigenvalue weighted by atomic mass is 10.2. The summed E-state index contributed by atoms with van der Waals surface area (Å²) in [6.07, 6.45) is 0.569. The van der Waals surface area contributed by atoms with Crippen LogP contribution in [0.3, 0.4) is 0 Å². The molecule has 4 nitrogen and oxygen atoms in total. The van der Waals surface area contributed by atoms with Crippen LogP contribution in [-0.2, 0) is 10.0 Å². The van der Waals surface area contributed by atoms with Crippen molar-refractivity contribution in [3.05, 3.63) is 29.8 Å². The van der Waals surface area contributed by atoms with Crippen LogP contribution >= 0.6 is 0 Å². The molecular formula is C12H15NO3S. The van der Waals surface area contributed by atoms with Crippen molar-refractivity contribution in [1.82, 2.24) is 0 Å². The van der Waals surface area contributed by atoms with E-state index in [0.717, 1.165) is 0 Å². The van der Waals surface area contributed by atoms with E-state index >= 15 is 0 Å². The summed E-state index contributed by atoms with van der Waals surface area (Å²) in [4.78, 5) is 0. The molecule has 0 atom stereocenters. The molecule has 0 radical (unpaired) electrons. The Morgan fingerprint density at radius 2 is 2.18 bits per heavy atom. The normalized spacial score (nSPS) is 10.5. The summed E-state index contributed by atoms with van der Waals surface area (Å²) < 4.78 is 25.6. The minimum atomic E-state index is -3.27. The fourth-order valence-electron chi connectivity index (χ4n) is 1.30. The predicted octanol–water partition coefficient (Wildman–Crippen LogP) is 1.18. The molecule has 5 heteroatoms. The highest BCUT2D eigenvalue weighted by Crippen LogP contribution is 2.12. The van der Waals surface area contributed by atoms with Gasteiger partial charge in [0.05, 0.1) is 5.75 Å². The highest BCUT2D eigenvalue weighted by molar-refractivity contribution is 7.92. The Morgan fingerprint density at radius 3 is 2.82 bits per heavy atom. The third kappa shape index (κ3) is 4.89. The Bertz CT molecular complexity index is 526. The van der Waals surface area contributed by atoms with Crippen molar-refractivity contribution in [3.8, 4) is 11.8 Å². The maximum Gasteiger partial charge on any atom is 0.232 e. The molecule has 0 aliphatic rings. The molecule has 0 bridgehead atoms. The summed E-state index contributed by atoms with van der Waals surface area (Å²) in [7, 11) is -3.27. The maximum atomic E-state index is 11.5. The third-order valence-electron chi connectivity index (χ3n) is 1.92.